The maximum Gasteiger partial charge on any atom is 0.0668 e. The minimum absolute atomic E-state index is 0.115. The van der Waals surface area contributed by atoms with E-state index in [1.165, 1.54) is 11.3 Å². The van der Waals surface area contributed by atoms with Gasteiger partial charge in [0.15, 0.2) is 0 Å². The molecule has 4 heteroatoms. The first-order chi connectivity index (χ1) is 8.97. The quantitative estimate of drug-likeness (QED) is 0.907. The van der Waals surface area contributed by atoms with Gasteiger partial charge < -0.3 is 15.0 Å². The molecule has 106 valence electrons. The van der Waals surface area contributed by atoms with Crippen molar-refractivity contribution in [2.24, 2.45) is 0 Å². The molecule has 4 nitrogen and oxygen atoms in total. The van der Waals surface area contributed by atoms with E-state index in [-0.39, 0.29) is 5.54 Å². The Morgan fingerprint density at radius 1 is 1.47 bits per heavy atom. The number of nitrogens with zero attached hydrogens (tertiary/aromatic N) is 2. The molecular weight excluding hydrogens is 238 g/mol. The standard InChI is InChI=1S/C15H25N3O/c1-12-11-19-8-7-18(12)14-5-6-16-9-13(14)10-17-15(2,3)4/h5-6,9,12,17H,7-8,10-11H2,1-4H3. The van der Waals surface area contributed by atoms with E-state index in [0.29, 0.717) is 6.04 Å². The van der Waals surface area contributed by atoms with Gasteiger partial charge in [-0.1, -0.05) is 0 Å². The second-order valence-corrected chi connectivity index (χ2v) is 6.23. The summed E-state index contributed by atoms with van der Waals surface area (Å²) in [6.07, 6.45) is 3.84. The van der Waals surface area contributed by atoms with Crippen molar-refractivity contribution in [1.29, 1.82) is 0 Å². The Morgan fingerprint density at radius 2 is 2.26 bits per heavy atom. The molecule has 1 aliphatic rings. The molecule has 0 bridgehead atoms. The summed E-state index contributed by atoms with van der Waals surface area (Å²) in [6.45, 7) is 12.2. The second kappa shape index (κ2) is 5.88. The second-order valence-electron chi connectivity index (χ2n) is 6.23. The van der Waals surface area contributed by atoms with Crippen molar-refractivity contribution in [2.45, 2.75) is 45.8 Å². The van der Waals surface area contributed by atoms with Crippen LogP contribution >= 0.6 is 0 Å². The van der Waals surface area contributed by atoms with Crippen LogP contribution in [0.1, 0.15) is 33.3 Å². The Hall–Kier alpha value is -1.13. The zero-order valence-electron chi connectivity index (χ0n) is 12.4. The van der Waals surface area contributed by atoms with Gasteiger partial charge in [-0.2, -0.15) is 0 Å². The normalized spacial score (nSPS) is 20.6. The number of ether oxygens (including phenoxy) is 1. The average molecular weight is 263 g/mol. The lowest BCUT2D eigenvalue weighted by Gasteiger charge is -2.36. The predicted molar refractivity (Wildman–Crippen MR) is 78.5 cm³/mol. The monoisotopic (exact) mass is 263 g/mol. The molecule has 19 heavy (non-hydrogen) atoms. The van der Waals surface area contributed by atoms with E-state index in [9.17, 15) is 0 Å². The first-order valence-electron chi connectivity index (χ1n) is 7.00. The zero-order chi connectivity index (χ0) is 13.9. The summed E-state index contributed by atoms with van der Waals surface area (Å²) >= 11 is 0. The highest BCUT2D eigenvalue weighted by Crippen LogP contribution is 2.23. The van der Waals surface area contributed by atoms with Crippen LogP contribution < -0.4 is 10.2 Å². The molecule has 0 spiro atoms. The summed E-state index contributed by atoms with van der Waals surface area (Å²) < 4.78 is 5.51. The summed E-state index contributed by atoms with van der Waals surface area (Å²) in [5.41, 5.74) is 2.65. The van der Waals surface area contributed by atoms with Crippen LogP contribution in [0.2, 0.25) is 0 Å². The van der Waals surface area contributed by atoms with E-state index >= 15 is 0 Å². The van der Waals surface area contributed by atoms with Crippen LogP contribution in [0.25, 0.3) is 0 Å². The molecule has 0 aromatic carbocycles. The van der Waals surface area contributed by atoms with Gasteiger partial charge in [0.05, 0.1) is 13.2 Å². The molecule has 1 aromatic heterocycles. The van der Waals surface area contributed by atoms with Gasteiger partial charge in [0.1, 0.15) is 0 Å². The van der Waals surface area contributed by atoms with Gasteiger partial charge in [0, 0.05) is 48.3 Å². The highest BCUT2D eigenvalue weighted by molar-refractivity contribution is 5.53. The van der Waals surface area contributed by atoms with Crippen molar-refractivity contribution in [1.82, 2.24) is 10.3 Å². The fourth-order valence-corrected chi connectivity index (χ4v) is 2.28. The fraction of sp³-hybridized carbons (Fsp3) is 0.667. The Labute approximate surface area is 116 Å². The first-order valence-corrected chi connectivity index (χ1v) is 7.00. The molecule has 1 unspecified atom stereocenters. The minimum Gasteiger partial charge on any atom is -0.377 e. The van der Waals surface area contributed by atoms with E-state index in [1.807, 2.05) is 12.4 Å². The number of anilines is 1. The van der Waals surface area contributed by atoms with E-state index < -0.39 is 0 Å². The maximum atomic E-state index is 5.51. The van der Waals surface area contributed by atoms with Gasteiger partial charge in [-0.25, -0.2) is 0 Å². The van der Waals surface area contributed by atoms with Crippen LogP contribution in [0, 0.1) is 0 Å². The van der Waals surface area contributed by atoms with Crippen molar-refractivity contribution >= 4 is 5.69 Å². The number of nitrogens with one attached hydrogen (secondary N) is 1. The summed E-state index contributed by atoms with van der Waals surface area (Å²) in [4.78, 5) is 6.69. The molecule has 1 fully saturated rings. The zero-order valence-corrected chi connectivity index (χ0v) is 12.4. The molecule has 1 aromatic rings. The Bertz CT molecular complexity index is 414. The smallest absolute Gasteiger partial charge is 0.0668 e. The van der Waals surface area contributed by atoms with Crippen molar-refractivity contribution in [3.8, 4) is 0 Å². The fourth-order valence-electron chi connectivity index (χ4n) is 2.28. The van der Waals surface area contributed by atoms with E-state index in [2.05, 4.69) is 49.0 Å². The van der Waals surface area contributed by atoms with Gasteiger partial charge in [-0.15, -0.1) is 0 Å². The molecule has 0 amide bonds. The SMILES string of the molecule is CC1COCCN1c1ccncc1CNC(C)(C)C. The summed E-state index contributed by atoms with van der Waals surface area (Å²) in [7, 11) is 0. The van der Waals surface area contributed by atoms with Crippen LogP contribution in [-0.2, 0) is 11.3 Å². The van der Waals surface area contributed by atoms with Crippen LogP contribution in [0.15, 0.2) is 18.5 Å². The summed E-state index contributed by atoms with van der Waals surface area (Å²) in [5.74, 6) is 0. The number of aromatic nitrogens is 1. The van der Waals surface area contributed by atoms with Crippen LogP contribution in [0.4, 0.5) is 5.69 Å². The van der Waals surface area contributed by atoms with Crippen LogP contribution in [-0.4, -0.2) is 36.3 Å². The Balaban J connectivity index is 2.15. The molecule has 2 heterocycles. The van der Waals surface area contributed by atoms with Gasteiger partial charge in [0.25, 0.3) is 0 Å². The molecule has 2 rings (SSSR count). The largest absolute Gasteiger partial charge is 0.377 e. The predicted octanol–water partition coefficient (Wildman–Crippen LogP) is 2.19. The molecule has 0 radical (unpaired) electrons. The van der Waals surface area contributed by atoms with Crippen molar-refractivity contribution in [3.63, 3.8) is 0 Å². The number of hydrogen-bond donors (Lipinski definition) is 1. The van der Waals surface area contributed by atoms with Crippen molar-refractivity contribution in [3.05, 3.63) is 24.0 Å². The van der Waals surface area contributed by atoms with E-state index in [0.717, 1.165) is 26.3 Å². The lowest BCUT2D eigenvalue weighted by Crippen LogP contribution is -2.44. The van der Waals surface area contributed by atoms with E-state index in [4.69, 9.17) is 4.74 Å². The topological polar surface area (TPSA) is 37.4 Å². The highest BCUT2D eigenvalue weighted by Gasteiger charge is 2.21. The Kier molecular flexibility index (Phi) is 4.42. The van der Waals surface area contributed by atoms with Gasteiger partial charge in [0.2, 0.25) is 0 Å². The maximum absolute atomic E-state index is 5.51. The molecule has 0 saturated carbocycles. The summed E-state index contributed by atoms with van der Waals surface area (Å²) in [6, 6.07) is 2.53. The molecule has 1 atom stereocenters. The van der Waals surface area contributed by atoms with Crippen LogP contribution in [0.3, 0.4) is 0 Å². The lowest BCUT2D eigenvalue weighted by atomic mass is 10.1. The molecule has 0 aliphatic carbocycles. The lowest BCUT2D eigenvalue weighted by molar-refractivity contribution is 0.0988. The van der Waals surface area contributed by atoms with Gasteiger partial charge in [-0.05, 0) is 33.8 Å². The number of pyridine rings is 1. The van der Waals surface area contributed by atoms with Gasteiger partial charge in [-0.3, -0.25) is 4.98 Å². The number of morpholine rings is 1. The molecule has 1 saturated heterocycles. The third-order valence-corrected chi connectivity index (χ3v) is 3.36. The molecular formula is C15H25N3O. The number of hydrogen-bond acceptors (Lipinski definition) is 4. The number of rotatable bonds is 3. The third kappa shape index (κ3) is 3.91. The van der Waals surface area contributed by atoms with Gasteiger partial charge >= 0.3 is 0 Å². The highest BCUT2D eigenvalue weighted by atomic mass is 16.5. The van der Waals surface area contributed by atoms with E-state index in [1.54, 1.807) is 0 Å². The molecule has 1 N–H and O–H groups in total. The Morgan fingerprint density at radius 3 is 2.95 bits per heavy atom. The average Bonchev–Trinajstić information content (AvgIpc) is 2.37. The van der Waals surface area contributed by atoms with Crippen LogP contribution in [0.5, 0.6) is 0 Å². The summed E-state index contributed by atoms with van der Waals surface area (Å²) in [5, 5.41) is 3.53. The molecule has 1 aliphatic heterocycles. The third-order valence-electron chi connectivity index (χ3n) is 3.36. The van der Waals surface area contributed by atoms with Crippen molar-refractivity contribution in [2.75, 3.05) is 24.7 Å². The van der Waals surface area contributed by atoms with Crippen molar-refractivity contribution < 1.29 is 4.74 Å². The first kappa shape index (κ1) is 14.3. The minimum atomic E-state index is 0.115.